The molecule has 2 aromatic heterocycles. The molecule has 5 rings (SSSR count). The number of pyridine rings is 1. The van der Waals surface area contributed by atoms with Gasteiger partial charge in [-0.2, -0.15) is 0 Å². The van der Waals surface area contributed by atoms with Gasteiger partial charge in [-0.3, -0.25) is 9.59 Å². The molecule has 2 amide bonds. The van der Waals surface area contributed by atoms with Crippen LogP contribution < -0.4 is 5.32 Å². The van der Waals surface area contributed by atoms with Gasteiger partial charge in [0.15, 0.2) is 0 Å². The number of carbonyl (C=O) groups is 2. The molecule has 1 saturated carbocycles. The predicted octanol–water partition coefficient (Wildman–Crippen LogP) is 3.93. The van der Waals surface area contributed by atoms with Gasteiger partial charge in [-0.05, 0) is 41.7 Å². The fourth-order valence-corrected chi connectivity index (χ4v) is 5.04. The topological polar surface area (TPSA) is 81.3 Å². The molecular weight excluding hydrogens is 434 g/mol. The maximum Gasteiger partial charge on any atom is 0.228 e. The first-order valence-corrected chi connectivity index (χ1v) is 12.6. The van der Waals surface area contributed by atoms with Gasteiger partial charge in [-0.15, -0.1) is 0 Å². The number of piperazine rings is 1. The lowest BCUT2D eigenvalue weighted by Crippen LogP contribution is -2.46. The Balaban J connectivity index is 1.29. The predicted molar refractivity (Wildman–Crippen MR) is 133 cm³/mol. The zero-order valence-electron chi connectivity index (χ0n) is 18.8. The number of rotatable bonds is 7. The molecule has 3 aromatic rings. The van der Waals surface area contributed by atoms with Crippen LogP contribution in [0.3, 0.4) is 0 Å². The standard InChI is InChI=1S/C25H29N5O2S/c1-2-33-30-13-11-29(12-14-30)23(31)15-17-3-5-18(6-4-17)21-16-22(28-25(32)19-7-8-19)27-24-20(21)9-10-26-24/h3-6,9-10,16,19H,2,7-8,11-15H2,1H3,(H2,26,27,28,32). The normalized spacial score (nSPS) is 16.8. The minimum Gasteiger partial charge on any atom is -0.346 e. The van der Waals surface area contributed by atoms with E-state index >= 15 is 0 Å². The number of nitrogens with one attached hydrogen (secondary N) is 2. The third kappa shape index (κ3) is 5.07. The number of aromatic amines is 1. The van der Waals surface area contributed by atoms with Crippen LogP contribution in [0.5, 0.6) is 0 Å². The monoisotopic (exact) mass is 463 g/mol. The average Bonchev–Trinajstić information content (AvgIpc) is 3.58. The van der Waals surface area contributed by atoms with Crippen LogP contribution in [0.15, 0.2) is 42.6 Å². The average molecular weight is 464 g/mol. The van der Waals surface area contributed by atoms with Crippen LogP contribution in [0, 0.1) is 5.92 Å². The van der Waals surface area contributed by atoms with E-state index in [4.69, 9.17) is 0 Å². The number of nitrogens with zero attached hydrogens (tertiary/aromatic N) is 3. The van der Waals surface area contributed by atoms with Gasteiger partial charge in [-0.25, -0.2) is 9.29 Å². The Morgan fingerprint density at radius 1 is 1.12 bits per heavy atom. The summed E-state index contributed by atoms with van der Waals surface area (Å²) in [5, 5.41) is 3.96. The van der Waals surface area contributed by atoms with Gasteiger partial charge in [0.25, 0.3) is 0 Å². The summed E-state index contributed by atoms with van der Waals surface area (Å²) in [7, 11) is 0. The first kappa shape index (κ1) is 22.0. The summed E-state index contributed by atoms with van der Waals surface area (Å²) in [6.07, 6.45) is 4.19. The maximum absolute atomic E-state index is 12.8. The number of fused-ring (bicyclic) bond motifs is 1. The summed E-state index contributed by atoms with van der Waals surface area (Å²) in [6.45, 7) is 5.60. The van der Waals surface area contributed by atoms with E-state index in [-0.39, 0.29) is 17.7 Å². The molecule has 172 valence electrons. The number of amides is 2. The summed E-state index contributed by atoms with van der Waals surface area (Å²) in [4.78, 5) is 34.7. The molecule has 7 nitrogen and oxygen atoms in total. The zero-order valence-corrected chi connectivity index (χ0v) is 19.7. The van der Waals surface area contributed by atoms with Gasteiger partial charge >= 0.3 is 0 Å². The van der Waals surface area contributed by atoms with E-state index in [0.717, 1.165) is 72.5 Å². The molecule has 3 heterocycles. The Hall–Kier alpha value is -2.84. The lowest BCUT2D eigenvalue weighted by Gasteiger charge is -2.33. The first-order valence-electron chi connectivity index (χ1n) is 11.6. The molecule has 0 spiro atoms. The number of hydrogen-bond acceptors (Lipinski definition) is 5. The Morgan fingerprint density at radius 2 is 1.88 bits per heavy atom. The van der Waals surface area contributed by atoms with Crippen molar-refractivity contribution >= 4 is 40.6 Å². The molecule has 2 fully saturated rings. The van der Waals surface area contributed by atoms with Crippen LogP contribution in [0.1, 0.15) is 25.3 Å². The smallest absolute Gasteiger partial charge is 0.228 e. The second-order valence-corrected chi connectivity index (χ2v) is 10.0. The minimum absolute atomic E-state index is 0.0438. The van der Waals surface area contributed by atoms with Crippen LogP contribution in [0.25, 0.3) is 22.2 Å². The highest BCUT2D eigenvalue weighted by Crippen LogP contribution is 2.33. The highest BCUT2D eigenvalue weighted by atomic mass is 32.2. The van der Waals surface area contributed by atoms with Crippen molar-refractivity contribution < 1.29 is 9.59 Å². The van der Waals surface area contributed by atoms with E-state index < -0.39 is 0 Å². The number of benzene rings is 1. The van der Waals surface area contributed by atoms with Crippen LogP contribution >= 0.6 is 11.9 Å². The summed E-state index contributed by atoms with van der Waals surface area (Å²) in [5.74, 6) is 1.99. The Labute approximate surface area is 198 Å². The molecule has 0 radical (unpaired) electrons. The van der Waals surface area contributed by atoms with Crippen molar-refractivity contribution in [1.82, 2.24) is 19.2 Å². The van der Waals surface area contributed by atoms with Crippen molar-refractivity contribution in [3.63, 3.8) is 0 Å². The lowest BCUT2D eigenvalue weighted by molar-refractivity contribution is -0.131. The zero-order chi connectivity index (χ0) is 22.8. The van der Waals surface area contributed by atoms with Crippen LogP contribution in [0.2, 0.25) is 0 Å². The van der Waals surface area contributed by atoms with Crippen molar-refractivity contribution in [2.75, 3.05) is 37.2 Å². The highest BCUT2D eigenvalue weighted by Gasteiger charge is 2.30. The minimum atomic E-state index is 0.0438. The van der Waals surface area contributed by atoms with E-state index in [1.807, 2.05) is 59.4 Å². The van der Waals surface area contributed by atoms with Crippen LogP contribution in [-0.4, -0.2) is 62.9 Å². The number of anilines is 1. The SMILES string of the molecule is CCSN1CCN(C(=O)Cc2ccc(-c3cc(NC(=O)C4CC4)nc4[nH]ccc34)cc2)CC1. The molecule has 1 aliphatic heterocycles. The summed E-state index contributed by atoms with van der Waals surface area (Å²) in [5.41, 5.74) is 3.80. The van der Waals surface area contributed by atoms with Crippen LogP contribution in [0.4, 0.5) is 5.82 Å². The third-order valence-electron chi connectivity index (χ3n) is 6.25. The van der Waals surface area contributed by atoms with Crippen molar-refractivity contribution in [1.29, 1.82) is 0 Å². The highest BCUT2D eigenvalue weighted by molar-refractivity contribution is 7.96. The van der Waals surface area contributed by atoms with E-state index in [1.165, 1.54) is 0 Å². The molecule has 1 aliphatic carbocycles. The Morgan fingerprint density at radius 3 is 2.58 bits per heavy atom. The van der Waals surface area contributed by atoms with E-state index in [2.05, 4.69) is 26.5 Å². The number of H-pyrrole nitrogens is 1. The second-order valence-electron chi connectivity index (χ2n) is 8.66. The Kier molecular flexibility index (Phi) is 6.37. The fourth-order valence-electron chi connectivity index (χ4n) is 4.25. The Bertz CT molecular complexity index is 1150. The molecule has 0 unspecified atom stereocenters. The molecule has 2 N–H and O–H groups in total. The van der Waals surface area contributed by atoms with Gasteiger partial charge in [0.2, 0.25) is 11.8 Å². The molecule has 0 atom stereocenters. The van der Waals surface area contributed by atoms with Crippen molar-refractivity contribution in [2.24, 2.45) is 5.92 Å². The number of aromatic nitrogens is 2. The van der Waals surface area contributed by atoms with Crippen molar-refractivity contribution in [3.8, 4) is 11.1 Å². The first-order chi connectivity index (χ1) is 16.1. The van der Waals surface area contributed by atoms with Crippen molar-refractivity contribution in [2.45, 2.75) is 26.2 Å². The second kappa shape index (κ2) is 9.57. The van der Waals surface area contributed by atoms with Gasteiger partial charge in [0.05, 0.1) is 6.42 Å². The van der Waals surface area contributed by atoms with E-state index in [1.54, 1.807) is 0 Å². The molecular formula is C25H29N5O2S. The van der Waals surface area contributed by atoms with E-state index in [9.17, 15) is 9.59 Å². The van der Waals surface area contributed by atoms with Gasteiger partial charge < -0.3 is 15.2 Å². The lowest BCUT2D eigenvalue weighted by atomic mass is 10.0. The molecule has 1 aromatic carbocycles. The largest absolute Gasteiger partial charge is 0.346 e. The molecule has 1 saturated heterocycles. The summed E-state index contributed by atoms with van der Waals surface area (Å²) in [6, 6.07) is 12.1. The maximum atomic E-state index is 12.8. The number of carbonyl (C=O) groups excluding carboxylic acids is 2. The summed E-state index contributed by atoms with van der Waals surface area (Å²) >= 11 is 1.84. The van der Waals surface area contributed by atoms with Gasteiger partial charge in [0.1, 0.15) is 11.5 Å². The van der Waals surface area contributed by atoms with Gasteiger partial charge in [-0.1, -0.05) is 43.1 Å². The summed E-state index contributed by atoms with van der Waals surface area (Å²) < 4.78 is 2.34. The molecule has 33 heavy (non-hydrogen) atoms. The molecule has 2 aliphatic rings. The van der Waals surface area contributed by atoms with Crippen molar-refractivity contribution in [3.05, 3.63) is 48.2 Å². The van der Waals surface area contributed by atoms with E-state index in [0.29, 0.717) is 12.2 Å². The third-order valence-corrected chi connectivity index (χ3v) is 7.24. The quantitative estimate of drug-likeness (QED) is 0.519. The molecule has 0 bridgehead atoms. The fraction of sp³-hybridized carbons (Fsp3) is 0.400. The van der Waals surface area contributed by atoms with Crippen LogP contribution in [-0.2, 0) is 16.0 Å². The number of hydrogen-bond donors (Lipinski definition) is 2. The van der Waals surface area contributed by atoms with Gasteiger partial charge in [0, 0.05) is 49.4 Å². The molecule has 8 heteroatoms.